The minimum absolute atomic E-state index is 0.520. The lowest BCUT2D eigenvalue weighted by Gasteiger charge is -2.07. The van der Waals surface area contributed by atoms with Crippen LogP contribution in [0.15, 0.2) is 18.2 Å². The summed E-state index contributed by atoms with van der Waals surface area (Å²) in [5.41, 5.74) is 3.62. The Morgan fingerprint density at radius 2 is 1.92 bits per heavy atom. The van der Waals surface area contributed by atoms with E-state index in [0.717, 1.165) is 5.56 Å². The Bertz CT molecular complexity index is 258. The molecule has 0 aliphatic carbocycles. The van der Waals surface area contributed by atoms with Gasteiger partial charge < -0.3 is 4.84 Å². The normalized spacial score (nSPS) is 10.4. The molecular formula is C9H11Cl2NO. The Kier molecular flexibility index (Phi) is 4.53. The van der Waals surface area contributed by atoms with Gasteiger partial charge in [0.15, 0.2) is 0 Å². The SMILES string of the molecule is CCONCc1c(Cl)cccc1Cl. The summed E-state index contributed by atoms with van der Waals surface area (Å²) in [6.45, 7) is 3.04. The number of hydrogen-bond acceptors (Lipinski definition) is 2. The van der Waals surface area contributed by atoms with Crippen LogP contribution in [-0.4, -0.2) is 6.61 Å². The number of rotatable bonds is 4. The highest BCUT2D eigenvalue weighted by molar-refractivity contribution is 6.35. The van der Waals surface area contributed by atoms with Gasteiger partial charge in [0.2, 0.25) is 0 Å². The molecule has 2 nitrogen and oxygen atoms in total. The zero-order chi connectivity index (χ0) is 9.68. The molecule has 0 aromatic heterocycles. The third-order valence-electron chi connectivity index (χ3n) is 1.56. The predicted octanol–water partition coefficient (Wildman–Crippen LogP) is 3.03. The first-order valence-corrected chi connectivity index (χ1v) is 4.78. The van der Waals surface area contributed by atoms with Gasteiger partial charge in [0.1, 0.15) is 0 Å². The maximum Gasteiger partial charge on any atom is 0.0654 e. The van der Waals surface area contributed by atoms with E-state index in [1.165, 1.54) is 0 Å². The van der Waals surface area contributed by atoms with Crippen molar-refractivity contribution in [3.63, 3.8) is 0 Å². The number of halogens is 2. The molecule has 1 N–H and O–H groups in total. The van der Waals surface area contributed by atoms with E-state index in [1.54, 1.807) is 12.1 Å². The van der Waals surface area contributed by atoms with E-state index in [-0.39, 0.29) is 0 Å². The molecule has 1 rings (SSSR count). The molecule has 1 aromatic carbocycles. The maximum absolute atomic E-state index is 5.93. The van der Waals surface area contributed by atoms with Crippen LogP contribution < -0.4 is 5.48 Å². The predicted molar refractivity (Wildman–Crippen MR) is 54.9 cm³/mol. The summed E-state index contributed by atoms with van der Waals surface area (Å²) in [5, 5.41) is 1.31. The molecule has 4 heteroatoms. The molecule has 0 atom stereocenters. The molecule has 0 unspecified atom stereocenters. The number of hydrogen-bond donors (Lipinski definition) is 1. The van der Waals surface area contributed by atoms with Crippen LogP contribution in [0.3, 0.4) is 0 Å². The highest BCUT2D eigenvalue weighted by Gasteiger charge is 2.03. The summed E-state index contributed by atoms with van der Waals surface area (Å²) >= 11 is 11.9. The van der Waals surface area contributed by atoms with E-state index >= 15 is 0 Å². The van der Waals surface area contributed by atoms with Gasteiger partial charge in [-0.1, -0.05) is 29.3 Å². The molecule has 0 saturated carbocycles. The first-order valence-electron chi connectivity index (χ1n) is 4.03. The van der Waals surface area contributed by atoms with E-state index in [0.29, 0.717) is 23.2 Å². The van der Waals surface area contributed by atoms with Crippen LogP contribution in [-0.2, 0) is 11.4 Å². The van der Waals surface area contributed by atoms with E-state index in [4.69, 9.17) is 28.0 Å². The lowest BCUT2D eigenvalue weighted by molar-refractivity contribution is 0.0463. The molecule has 0 spiro atoms. The molecule has 72 valence electrons. The van der Waals surface area contributed by atoms with Crippen molar-refractivity contribution in [2.24, 2.45) is 0 Å². The first-order chi connectivity index (χ1) is 6.25. The summed E-state index contributed by atoms with van der Waals surface area (Å²) in [5.74, 6) is 0. The lowest BCUT2D eigenvalue weighted by atomic mass is 10.2. The van der Waals surface area contributed by atoms with Crippen LogP contribution in [0.4, 0.5) is 0 Å². The van der Waals surface area contributed by atoms with Gasteiger partial charge in [0.05, 0.1) is 6.61 Å². The number of nitrogens with one attached hydrogen (secondary N) is 1. The van der Waals surface area contributed by atoms with E-state index in [1.807, 2.05) is 13.0 Å². The fourth-order valence-corrected chi connectivity index (χ4v) is 1.46. The molecule has 0 fully saturated rings. The van der Waals surface area contributed by atoms with Crippen molar-refractivity contribution in [1.82, 2.24) is 5.48 Å². The summed E-state index contributed by atoms with van der Waals surface area (Å²) < 4.78 is 0. The molecule has 0 amide bonds. The largest absolute Gasteiger partial charge is 0.302 e. The molecule has 0 aliphatic rings. The molecule has 0 heterocycles. The Morgan fingerprint density at radius 1 is 1.31 bits per heavy atom. The van der Waals surface area contributed by atoms with Crippen molar-refractivity contribution in [2.45, 2.75) is 13.5 Å². The van der Waals surface area contributed by atoms with Crippen molar-refractivity contribution >= 4 is 23.2 Å². The van der Waals surface area contributed by atoms with Crippen molar-refractivity contribution in [3.8, 4) is 0 Å². The van der Waals surface area contributed by atoms with Gasteiger partial charge in [-0.25, -0.2) is 0 Å². The van der Waals surface area contributed by atoms with Gasteiger partial charge in [0.25, 0.3) is 0 Å². The van der Waals surface area contributed by atoms with Crippen LogP contribution in [0.5, 0.6) is 0 Å². The Morgan fingerprint density at radius 3 is 2.46 bits per heavy atom. The van der Waals surface area contributed by atoms with E-state index in [9.17, 15) is 0 Å². The zero-order valence-corrected chi connectivity index (χ0v) is 8.82. The number of hydroxylamine groups is 1. The summed E-state index contributed by atoms with van der Waals surface area (Å²) in [7, 11) is 0. The Hall–Kier alpha value is -0.280. The molecule has 0 radical (unpaired) electrons. The third kappa shape index (κ3) is 3.16. The molecular weight excluding hydrogens is 209 g/mol. The first kappa shape index (κ1) is 10.8. The second-order valence-corrected chi connectivity index (χ2v) is 3.27. The average molecular weight is 220 g/mol. The lowest BCUT2D eigenvalue weighted by Crippen LogP contribution is -2.14. The van der Waals surface area contributed by atoms with Gasteiger partial charge in [-0.15, -0.1) is 0 Å². The van der Waals surface area contributed by atoms with Crippen molar-refractivity contribution in [1.29, 1.82) is 0 Å². The van der Waals surface area contributed by atoms with Crippen molar-refractivity contribution in [3.05, 3.63) is 33.8 Å². The minimum atomic E-state index is 0.520. The van der Waals surface area contributed by atoms with E-state index in [2.05, 4.69) is 5.48 Å². The molecule has 0 bridgehead atoms. The van der Waals surface area contributed by atoms with Crippen LogP contribution in [0.1, 0.15) is 12.5 Å². The third-order valence-corrected chi connectivity index (χ3v) is 2.27. The monoisotopic (exact) mass is 219 g/mol. The van der Waals surface area contributed by atoms with E-state index < -0.39 is 0 Å². The highest BCUT2D eigenvalue weighted by atomic mass is 35.5. The molecule has 13 heavy (non-hydrogen) atoms. The standard InChI is InChI=1S/C9H11Cl2NO/c1-2-13-12-6-7-8(10)4-3-5-9(7)11/h3-5,12H,2,6H2,1H3. The minimum Gasteiger partial charge on any atom is -0.302 e. The van der Waals surface area contributed by atoms with Gasteiger partial charge in [0, 0.05) is 22.2 Å². The van der Waals surface area contributed by atoms with Gasteiger partial charge >= 0.3 is 0 Å². The maximum atomic E-state index is 5.93. The summed E-state index contributed by atoms with van der Waals surface area (Å²) in [6.07, 6.45) is 0. The second-order valence-electron chi connectivity index (χ2n) is 2.45. The molecule has 0 saturated heterocycles. The zero-order valence-electron chi connectivity index (χ0n) is 7.31. The number of benzene rings is 1. The van der Waals surface area contributed by atoms with Crippen LogP contribution in [0, 0.1) is 0 Å². The van der Waals surface area contributed by atoms with Crippen molar-refractivity contribution in [2.75, 3.05) is 6.61 Å². The summed E-state index contributed by atoms with van der Waals surface area (Å²) in [6, 6.07) is 5.42. The van der Waals surface area contributed by atoms with Crippen LogP contribution in [0.2, 0.25) is 10.0 Å². The Labute approximate surface area is 87.8 Å². The van der Waals surface area contributed by atoms with Gasteiger partial charge in [-0.3, -0.25) is 0 Å². The fraction of sp³-hybridized carbons (Fsp3) is 0.333. The smallest absolute Gasteiger partial charge is 0.0654 e. The highest BCUT2D eigenvalue weighted by Crippen LogP contribution is 2.23. The van der Waals surface area contributed by atoms with Crippen LogP contribution >= 0.6 is 23.2 Å². The van der Waals surface area contributed by atoms with Gasteiger partial charge in [-0.2, -0.15) is 5.48 Å². The quantitative estimate of drug-likeness (QED) is 0.622. The average Bonchev–Trinajstić information content (AvgIpc) is 2.10. The topological polar surface area (TPSA) is 21.3 Å². The summed E-state index contributed by atoms with van der Waals surface area (Å²) in [4.78, 5) is 4.98. The van der Waals surface area contributed by atoms with Crippen molar-refractivity contribution < 1.29 is 4.84 Å². The molecule has 1 aromatic rings. The van der Waals surface area contributed by atoms with Crippen LogP contribution in [0.25, 0.3) is 0 Å². The Balaban J connectivity index is 2.64. The van der Waals surface area contributed by atoms with Gasteiger partial charge in [-0.05, 0) is 19.1 Å². The molecule has 0 aliphatic heterocycles. The second kappa shape index (κ2) is 5.45. The fourth-order valence-electron chi connectivity index (χ4n) is 0.926.